The molecule has 9 nitrogen and oxygen atoms in total. The first-order chi connectivity index (χ1) is 9.97. The molecule has 0 bridgehead atoms. The molecule has 0 spiro atoms. The Hall–Kier alpha value is -2.68. The number of nitro groups is 1. The first-order valence-electron chi connectivity index (χ1n) is 5.74. The third-order valence-corrected chi connectivity index (χ3v) is 2.30. The summed E-state index contributed by atoms with van der Waals surface area (Å²) in [7, 11) is 2.64. The number of hydrogen-bond acceptors (Lipinski definition) is 7. The number of benzene rings is 1. The van der Waals surface area contributed by atoms with Crippen LogP contribution >= 0.6 is 0 Å². The second kappa shape index (κ2) is 7.80. The standard InChI is InChI=1S/C12H14N2O7/c1-19-7-12(16)21-6-11(15)13-9-4-3-8(14(17)18)5-10(9)20-2/h3-5H,6-7H2,1-2H3,(H,13,15). The van der Waals surface area contributed by atoms with Crippen molar-refractivity contribution in [1.82, 2.24) is 0 Å². The van der Waals surface area contributed by atoms with Gasteiger partial charge in [-0.25, -0.2) is 4.79 Å². The molecular weight excluding hydrogens is 284 g/mol. The van der Waals surface area contributed by atoms with Gasteiger partial charge < -0.3 is 19.5 Å². The summed E-state index contributed by atoms with van der Waals surface area (Å²) in [5, 5.41) is 13.1. The lowest BCUT2D eigenvalue weighted by Gasteiger charge is -2.10. The maximum Gasteiger partial charge on any atom is 0.332 e. The van der Waals surface area contributed by atoms with Gasteiger partial charge in [0.25, 0.3) is 11.6 Å². The molecule has 0 aliphatic carbocycles. The fourth-order valence-corrected chi connectivity index (χ4v) is 1.39. The molecule has 0 saturated carbocycles. The van der Waals surface area contributed by atoms with Crippen LogP contribution in [0.3, 0.4) is 0 Å². The van der Waals surface area contributed by atoms with Crippen molar-refractivity contribution >= 4 is 23.3 Å². The quantitative estimate of drug-likeness (QED) is 0.448. The Morgan fingerprint density at radius 2 is 2.00 bits per heavy atom. The Balaban J connectivity index is 2.67. The van der Waals surface area contributed by atoms with Gasteiger partial charge in [-0.3, -0.25) is 14.9 Å². The molecule has 0 aliphatic rings. The minimum Gasteiger partial charge on any atom is -0.494 e. The Morgan fingerprint density at radius 3 is 2.57 bits per heavy atom. The van der Waals surface area contributed by atoms with Crippen molar-refractivity contribution in [2.24, 2.45) is 0 Å². The highest BCUT2D eigenvalue weighted by molar-refractivity contribution is 5.94. The van der Waals surface area contributed by atoms with Gasteiger partial charge in [0.2, 0.25) is 0 Å². The van der Waals surface area contributed by atoms with Crippen LogP contribution in [0.4, 0.5) is 11.4 Å². The summed E-state index contributed by atoms with van der Waals surface area (Å²) in [5.74, 6) is -1.16. The highest BCUT2D eigenvalue weighted by Gasteiger charge is 2.14. The van der Waals surface area contributed by atoms with Gasteiger partial charge in [-0.15, -0.1) is 0 Å². The monoisotopic (exact) mass is 298 g/mol. The van der Waals surface area contributed by atoms with Gasteiger partial charge in [0.15, 0.2) is 6.61 Å². The molecular formula is C12H14N2O7. The van der Waals surface area contributed by atoms with E-state index in [1.807, 2.05) is 0 Å². The average Bonchev–Trinajstić information content (AvgIpc) is 2.45. The lowest BCUT2D eigenvalue weighted by Crippen LogP contribution is -2.22. The number of amides is 1. The summed E-state index contributed by atoms with van der Waals surface area (Å²) >= 11 is 0. The number of esters is 1. The van der Waals surface area contributed by atoms with Crippen LogP contribution < -0.4 is 10.1 Å². The number of ether oxygens (including phenoxy) is 3. The van der Waals surface area contributed by atoms with E-state index in [9.17, 15) is 19.7 Å². The van der Waals surface area contributed by atoms with Crippen molar-refractivity contribution in [2.75, 3.05) is 32.8 Å². The van der Waals surface area contributed by atoms with Crippen LogP contribution in [0.2, 0.25) is 0 Å². The SMILES string of the molecule is COCC(=O)OCC(=O)Nc1ccc([N+](=O)[O-])cc1OC. The summed E-state index contributed by atoms with van der Waals surface area (Å²) in [6.45, 7) is -0.754. The zero-order chi connectivity index (χ0) is 15.8. The Labute approximate surface area is 119 Å². The van der Waals surface area contributed by atoms with Gasteiger partial charge >= 0.3 is 5.97 Å². The van der Waals surface area contributed by atoms with E-state index in [4.69, 9.17) is 4.74 Å². The summed E-state index contributed by atoms with van der Waals surface area (Å²) in [4.78, 5) is 32.7. The molecule has 1 aromatic carbocycles. The van der Waals surface area contributed by atoms with Gasteiger partial charge in [-0.05, 0) is 6.07 Å². The van der Waals surface area contributed by atoms with E-state index in [-0.39, 0.29) is 23.7 Å². The number of nitrogens with zero attached hydrogens (tertiary/aromatic N) is 1. The Kier molecular flexibility index (Phi) is 6.08. The number of rotatable bonds is 7. The molecule has 0 saturated heterocycles. The molecule has 0 unspecified atom stereocenters. The number of hydrogen-bond donors (Lipinski definition) is 1. The molecule has 21 heavy (non-hydrogen) atoms. The minimum absolute atomic E-state index is 0.126. The summed E-state index contributed by atoms with van der Waals surface area (Å²) in [5.41, 5.74) is 0.0623. The number of nitrogens with one attached hydrogen (secondary N) is 1. The Bertz CT molecular complexity index is 544. The number of carbonyl (C=O) groups excluding carboxylic acids is 2. The molecule has 1 N–H and O–H groups in total. The summed E-state index contributed by atoms with van der Waals surface area (Å²) in [6, 6.07) is 3.72. The van der Waals surface area contributed by atoms with Gasteiger partial charge in [-0.2, -0.15) is 0 Å². The van der Waals surface area contributed by atoms with Crippen LogP contribution in [0.25, 0.3) is 0 Å². The second-order valence-corrected chi connectivity index (χ2v) is 3.78. The smallest absolute Gasteiger partial charge is 0.332 e. The van der Waals surface area contributed by atoms with Crippen molar-refractivity contribution in [2.45, 2.75) is 0 Å². The molecule has 0 radical (unpaired) electrons. The first kappa shape index (κ1) is 16.4. The largest absolute Gasteiger partial charge is 0.494 e. The molecule has 1 amide bonds. The zero-order valence-corrected chi connectivity index (χ0v) is 11.5. The molecule has 0 fully saturated rings. The van der Waals surface area contributed by atoms with Gasteiger partial charge in [0.1, 0.15) is 12.4 Å². The van der Waals surface area contributed by atoms with Crippen molar-refractivity contribution < 1.29 is 28.7 Å². The number of non-ortho nitro benzene ring substituents is 1. The molecule has 1 aromatic rings. The van der Waals surface area contributed by atoms with Crippen LogP contribution in [0, 0.1) is 10.1 Å². The van der Waals surface area contributed by atoms with E-state index >= 15 is 0 Å². The molecule has 9 heteroatoms. The van der Waals surface area contributed by atoms with Crippen molar-refractivity contribution in [3.63, 3.8) is 0 Å². The van der Waals surface area contributed by atoms with Crippen LogP contribution in [0.1, 0.15) is 0 Å². The van der Waals surface area contributed by atoms with Gasteiger partial charge in [0, 0.05) is 13.2 Å². The van der Waals surface area contributed by atoms with E-state index in [2.05, 4.69) is 14.8 Å². The molecule has 1 rings (SSSR count). The number of anilines is 1. The third kappa shape index (κ3) is 5.07. The maximum absolute atomic E-state index is 11.6. The van der Waals surface area contributed by atoms with E-state index < -0.39 is 23.4 Å². The summed E-state index contributed by atoms with van der Waals surface area (Å²) in [6.07, 6.45) is 0. The minimum atomic E-state index is -0.677. The predicted octanol–water partition coefficient (Wildman–Crippen LogP) is 0.732. The fraction of sp³-hybridized carbons (Fsp3) is 0.333. The van der Waals surface area contributed by atoms with Crippen LogP contribution in [-0.2, 0) is 19.1 Å². The van der Waals surface area contributed by atoms with E-state index in [0.717, 1.165) is 0 Å². The van der Waals surface area contributed by atoms with Crippen molar-refractivity contribution in [3.05, 3.63) is 28.3 Å². The molecule has 114 valence electrons. The van der Waals surface area contributed by atoms with E-state index in [1.54, 1.807) is 0 Å². The number of methoxy groups -OCH3 is 2. The zero-order valence-electron chi connectivity index (χ0n) is 11.5. The van der Waals surface area contributed by atoms with E-state index in [0.29, 0.717) is 0 Å². The lowest BCUT2D eigenvalue weighted by atomic mass is 10.2. The summed E-state index contributed by atoms with van der Waals surface area (Å²) < 4.78 is 14.1. The van der Waals surface area contributed by atoms with Crippen LogP contribution in [-0.4, -0.2) is 44.2 Å². The number of carbonyl (C=O) groups is 2. The Morgan fingerprint density at radius 1 is 1.29 bits per heavy atom. The fourth-order valence-electron chi connectivity index (χ4n) is 1.39. The van der Waals surface area contributed by atoms with Crippen LogP contribution in [0.15, 0.2) is 18.2 Å². The predicted molar refractivity (Wildman–Crippen MR) is 71.1 cm³/mol. The van der Waals surface area contributed by atoms with Crippen molar-refractivity contribution in [1.29, 1.82) is 0 Å². The third-order valence-electron chi connectivity index (χ3n) is 2.30. The highest BCUT2D eigenvalue weighted by atomic mass is 16.6. The van der Waals surface area contributed by atoms with Gasteiger partial charge in [-0.1, -0.05) is 0 Å². The maximum atomic E-state index is 11.6. The van der Waals surface area contributed by atoms with Crippen molar-refractivity contribution in [3.8, 4) is 5.75 Å². The second-order valence-electron chi connectivity index (χ2n) is 3.78. The topological polar surface area (TPSA) is 117 Å². The molecule has 0 heterocycles. The molecule has 0 aromatic heterocycles. The molecule has 0 atom stereocenters. The van der Waals surface area contributed by atoms with Crippen LogP contribution in [0.5, 0.6) is 5.75 Å². The number of nitro benzene ring substituents is 1. The van der Waals surface area contributed by atoms with Gasteiger partial charge in [0.05, 0.1) is 23.8 Å². The van der Waals surface area contributed by atoms with E-state index in [1.165, 1.54) is 32.4 Å². The highest BCUT2D eigenvalue weighted by Crippen LogP contribution is 2.28. The molecule has 0 aliphatic heterocycles. The average molecular weight is 298 g/mol. The first-order valence-corrected chi connectivity index (χ1v) is 5.74. The normalized spacial score (nSPS) is 9.81. The lowest BCUT2D eigenvalue weighted by molar-refractivity contribution is -0.384.